The molecule has 0 amide bonds. The zero-order chi connectivity index (χ0) is 74.2. The van der Waals surface area contributed by atoms with Gasteiger partial charge in [0.25, 0.3) is 0 Å². The Labute approximate surface area is 619 Å². The first kappa shape index (κ1) is 99.1. The molecular weight excluding hydrogens is 1320 g/mol. The van der Waals surface area contributed by atoms with E-state index in [0.717, 1.165) is 102 Å². The van der Waals surface area contributed by atoms with Gasteiger partial charge in [-0.25, -0.2) is 9.13 Å². The van der Waals surface area contributed by atoms with Gasteiger partial charge in [-0.2, -0.15) is 0 Å². The highest BCUT2D eigenvalue weighted by atomic mass is 31.2. The summed E-state index contributed by atoms with van der Waals surface area (Å²) in [4.78, 5) is 73.1. The van der Waals surface area contributed by atoms with Crippen LogP contribution in [-0.4, -0.2) is 96.7 Å². The SMILES string of the molecule is CCCCCCCCCCCCCCCCCCC(=O)O[C@H](COC(=O)CCCCCCCCCCCCC)COP(=O)(O)OC[C@H](O)COP(=O)(O)OC[C@@H](COC(=O)CCCCCCCCCCCCCCCCC(C)C)OC(=O)CCCCCCCCCCCCCCCCC(C)C. The zero-order valence-electron chi connectivity index (χ0n) is 66.2. The van der Waals surface area contributed by atoms with Gasteiger partial charge in [-0.05, 0) is 37.5 Å². The largest absolute Gasteiger partial charge is 0.472 e. The number of carbonyl (C=O) groups is 4. The van der Waals surface area contributed by atoms with E-state index < -0.39 is 97.5 Å². The summed E-state index contributed by atoms with van der Waals surface area (Å²) in [6.07, 6.45) is 63.7. The molecule has 5 atom stereocenters. The average molecular weight is 1480 g/mol. The normalized spacial score (nSPS) is 13.9. The summed E-state index contributed by atoms with van der Waals surface area (Å²) in [7, 11) is -9.92. The van der Waals surface area contributed by atoms with Crippen molar-refractivity contribution in [3.05, 3.63) is 0 Å². The van der Waals surface area contributed by atoms with Crippen LogP contribution in [0.15, 0.2) is 0 Å². The number of unbranched alkanes of at least 4 members (excludes halogenated alkanes) is 51. The molecule has 0 rings (SSSR count). The smallest absolute Gasteiger partial charge is 0.462 e. The van der Waals surface area contributed by atoms with Crippen LogP contribution in [0, 0.1) is 11.8 Å². The molecule has 0 spiro atoms. The topological polar surface area (TPSA) is 237 Å². The standard InChI is InChI=1S/C82H160O17P2/c1-7-9-11-13-15-17-19-20-21-22-30-36-42-48-54-60-66-81(86)98-77(70-92-79(84)64-58-52-46-40-32-18-16-14-12-10-8-2)72-96-100(88,89)94-68-76(83)69-95-101(90,91)97-73-78(99-82(87)67-61-55-49-43-37-31-26-24-28-34-39-45-51-57-63-75(5)6)71-93-80(85)65-59-53-47-41-35-29-25-23-27-33-38-44-50-56-62-74(3)4/h74-78,83H,7-73H2,1-6H3,(H,88,89)(H,90,91)/t76-,77+,78+/m0/s1. The summed E-state index contributed by atoms with van der Waals surface area (Å²) in [6, 6.07) is 0. The van der Waals surface area contributed by atoms with E-state index >= 15 is 0 Å². The minimum atomic E-state index is -4.96. The van der Waals surface area contributed by atoms with E-state index in [0.29, 0.717) is 25.7 Å². The fourth-order valence-electron chi connectivity index (χ4n) is 12.7. The third kappa shape index (κ3) is 76.1. The molecule has 0 fully saturated rings. The van der Waals surface area contributed by atoms with Gasteiger partial charge in [0.1, 0.15) is 19.3 Å². The second-order valence-corrected chi connectivity index (χ2v) is 33.4. The Morgan fingerprint density at radius 2 is 0.455 bits per heavy atom. The molecule has 0 heterocycles. The highest BCUT2D eigenvalue weighted by Gasteiger charge is 2.30. The molecule has 0 aliphatic rings. The van der Waals surface area contributed by atoms with Crippen LogP contribution in [0.3, 0.4) is 0 Å². The van der Waals surface area contributed by atoms with Gasteiger partial charge in [0.15, 0.2) is 12.2 Å². The number of ether oxygens (including phenoxy) is 4. The van der Waals surface area contributed by atoms with Crippen molar-refractivity contribution < 1.29 is 80.2 Å². The first-order valence-corrected chi connectivity index (χ1v) is 45.5. The fraction of sp³-hybridized carbons (Fsp3) is 0.951. The van der Waals surface area contributed by atoms with Crippen molar-refractivity contribution in [2.45, 2.75) is 452 Å². The summed E-state index contributed by atoms with van der Waals surface area (Å²) in [5.41, 5.74) is 0. The molecule has 19 heteroatoms. The van der Waals surface area contributed by atoms with E-state index in [-0.39, 0.29) is 25.7 Å². The maximum absolute atomic E-state index is 13.1. The quantitative estimate of drug-likeness (QED) is 0.0222. The van der Waals surface area contributed by atoms with Crippen molar-refractivity contribution in [2.24, 2.45) is 11.8 Å². The van der Waals surface area contributed by atoms with Gasteiger partial charge in [0.2, 0.25) is 0 Å². The average Bonchev–Trinajstić information content (AvgIpc) is 0.960. The van der Waals surface area contributed by atoms with Crippen LogP contribution in [0.25, 0.3) is 0 Å². The zero-order valence-corrected chi connectivity index (χ0v) is 68.0. The molecule has 0 aromatic heterocycles. The van der Waals surface area contributed by atoms with E-state index in [4.69, 9.17) is 37.0 Å². The molecule has 2 unspecified atom stereocenters. The molecule has 0 bridgehead atoms. The van der Waals surface area contributed by atoms with Crippen LogP contribution >= 0.6 is 15.6 Å². The van der Waals surface area contributed by atoms with Crippen LogP contribution in [0.1, 0.15) is 433 Å². The molecule has 0 aromatic rings. The van der Waals surface area contributed by atoms with Crippen molar-refractivity contribution in [3.8, 4) is 0 Å². The van der Waals surface area contributed by atoms with Crippen molar-refractivity contribution >= 4 is 39.5 Å². The van der Waals surface area contributed by atoms with Gasteiger partial charge in [-0.1, -0.05) is 382 Å². The molecule has 0 radical (unpaired) electrons. The molecule has 0 saturated heterocycles. The highest BCUT2D eigenvalue weighted by molar-refractivity contribution is 7.47. The summed E-state index contributed by atoms with van der Waals surface area (Å²) >= 11 is 0. The van der Waals surface area contributed by atoms with Gasteiger partial charge in [-0.15, -0.1) is 0 Å². The molecule has 17 nitrogen and oxygen atoms in total. The molecule has 0 aliphatic heterocycles. The number of esters is 4. The first-order chi connectivity index (χ1) is 48.9. The maximum atomic E-state index is 13.1. The Hall–Kier alpha value is -1.94. The number of aliphatic hydroxyl groups is 1. The predicted molar refractivity (Wildman–Crippen MR) is 414 cm³/mol. The minimum Gasteiger partial charge on any atom is -0.462 e. The molecule has 600 valence electrons. The molecule has 0 saturated carbocycles. The van der Waals surface area contributed by atoms with Crippen LogP contribution in [0.4, 0.5) is 0 Å². The number of phosphoric ester groups is 2. The molecular formula is C82H160O17P2. The second kappa shape index (κ2) is 73.6. The van der Waals surface area contributed by atoms with E-state index in [1.165, 1.54) is 250 Å². The van der Waals surface area contributed by atoms with E-state index in [1.54, 1.807) is 0 Å². The van der Waals surface area contributed by atoms with Crippen molar-refractivity contribution in [1.29, 1.82) is 0 Å². The maximum Gasteiger partial charge on any atom is 0.472 e. The van der Waals surface area contributed by atoms with Gasteiger partial charge >= 0.3 is 39.5 Å². The van der Waals surface area contributed by atoms with Gasteiger partial charge in [-0.3, -0.25) is 37.3 Å². The first-order valence-electron chi connectivity index (χ1n) is 42.5. The number of phosphoric acid groups is 2. The van der Waals surface area contributed by atoms with Gasteiger partial charge < -0.3 is 33.8 Å². The third-order valence-electron chi connectivity index (χ3n) is 19.2. The number of hydrogen-bond acceptors (Lipinski definition) is 15. The molecule has 3 N–H and O–H groups in total. The summed E-state index contributed by atoms with van der Waals surface area (Å²) < 4.78 is 68.8. The number of hydrogen-bond donors (Lipinski definition) is 3. The Morgan fingerprint density at radius 3 is 0.673 bits per heavy atom. The summed E-state index contributed by atoms with van der Waals surface area (Å²) in [6.45, 7) is 9.69. The van der Waals surface area contributed by atoms with E-state index in [9.17, 15) is 43.2 Å². The summed E-state index contributed by atoms with van der Waals surface area (Å²) in [5.74, 6) is -0.510. The highest BCUT2D eigenvalue weighted by Crippen LogP contribution is 2.45. The van der Waals surface area contributed by atoms with Crippen molar-refractivity contribution in [2.75, 3.05) is 39.6 Å². The molecule has 0 aromatic carbocycles. The second-order valence-electron chi connectivity index (χ2n) is 30.5. The van der Waals surface area contributed by atoms with Crippen LogP contribution in [0.5, 0.6) is 0 Å². The predicted octanol–water partition coefficient (Wildman–Crippen LogP) is 24.7. The Kier molecular flexibility index (Phi) is 72.2. The Balaban J connectivity index is 5.25. The van der Waals surface area contributed by atoms with Crippen molar-refractivity contribution in [3.63, 3.8) is 0 Å². The lowest BCUT2D eigenvalue weighted by Crippen LogP contribution is -2.30. The van der Waals surface area contributed by atoms with Gasteiger partial charge in [0, 0.05) is 25.7 Å². The Morgan fingerprint density at radius 1 is 0.267 bits per heavy atom. The monoisotopic (exact) mass is 1480 g/mol. The molecule has 101 heavy (non-hydrogen) atoms. The van der Waals surface area contributed by atoms with Crippen molar-refractivity contribution in [1.82, 2.24) is 0 Å². The lowest BCUT2D eigenvalue weighted by Gasteiger charge is -2.21. The lowest BCUT2D eigenvalue weighted by molar-refractivity contribution is -0.161. The van der Waals surface area contributed by atoms with E-state index in [1.807, 2.05) is 0 Å². The van der Waals surface area contributed by atoms with Crippen LogP contribution < -0.4 is 0 Å². The van der Waals surface area contributed by atoms with E-state index in [2.05, 4.69) is 41.5 Å². The minimum absolute atomic E-state index is 0.108. The molecule has 0 aliphatic carbocycles. The lowest BCUT2D eigenvalue weighted by atomic mass is 10.0. The van der Waals surface area contributed by atoms with Crippen LogP contribution in [0.2, 0.25) is 0 Å². The van der Waals surface area contributed by atoms with Crippen LogP contribution in [-0.2, 0) is 65.4 Å². The van der Waals surface area contributed by atoms with Gasteiger partial charge in [0.05, 0.1) is 26.4 Å². The fourth-order valence-corrected chi connectivity index (χ4v) is 14.3. The number of aliphatic hydroxyl groups excluding tert-OH is 1. The number of rotatable bonds is 81. The third-order valence-corrected chi connectivity index (χ3v) is 21.1. The number of carbonyl (C=O) groups excluding carboxylic acids is 4. The summed E-state index contributed by atoms with van der Waals surface area (Å²) in [5, 5.41) is 10.7. The Bertz CT molecular complexity index is 1940.